The van der Waals surface area contributed by atoms with Gasteiger partial charge in [0, 0.05) is 6.42 Å². The van der Waals surface area contributed by atoms with Crippen molar-refractivity contribution in [3.8, 4) is 0 Å². The fraction of sp³-hybridized carbons (Fsp3) is 0.667. The molecule has 0 unspecified atom stereocenters. The van der Waals surface area contributed by atoms with Gasteiger partial charge in [-0.2, -0.15) is 30.7 Å². The molecular weight excluding hydrogens is 293 g/mol. The maximum atomic E-state index is 12.5. The molecule has 0 aliphatic heterocycles. The zero-order chi connectivity index (χ0) is 14.1. The molecule has 102 valence electrons. The third kappa shape index (κ3) is 3.72. The molecule has 0 aliphatic carbocycles. The van der Waals surface area contributed by atoms with Gasteiger partial charge in [-0.05, 0) is 8.39 Å². The molecule has 0 heterocycles. The topological polar surface area (TPSA) is 0 Å². The van der Waals surface area contributed by atoms with E-state index in [0.29, 0.717) is 0 Å². The van der Waals surface area contributed by atoms with Gasteiger partial charge in [0.15, 0.2) is 5.83 Å². The van der Waals surface area contributed by atoms with E-state index < -0.39 is 44.2 Å². The van der Waals surface area contributed by atoms with Gasteiger partial charge in [-0.1, -0.05) is 0 Å². The third-order valence-corrected chi connectivity index (χ3v) is 3.43. The maximum absolute atomic E-state index is 12.5. The highest BCUT2D eigenvalue weighted by Crippen LogP contribution is 2.77. The van der Waals surface area contributed by atoms with E-state index in [1.165, 1.54) is 0 Å². The summed E-state index contributed by atoms with van der Waals surface area (Å²) in [5.74, 6) is -2.43. The van der Waals surface area contributed by atoms with E-state index in [0.717, 1.165) is 0 Å². The molecule has 0 nitrogen and oxygen atoms in total. The molecule has 0 radical (unpaired) electrons. The Labute approximate surface area is 88.9 Å². The molecule has 0 spiro atoms. The Bertz CT molecular complexity index is 298. The molecule has 0 saturated heterocycles. The predicted octanol–water partition coefficient (Wildman–Crippen LogP) is 5.40. The highest BCUT2D eigenvalue weighted by atomic mass is 31.2. The van der Waals surface area contributed by atoms with Crippen molar-refractivity contribution in [3.63, 3.8) is 0 Å². The van der Waals surface area contributed by atoms with Gasteiger partial charge < -0.3 is 0 Å². The van der Waals surface area contributed by atoms with Crippen LogP contribution in [0, 0.1) is 0 Å². The van der Waals surface area contributed by atoms with Crippen molar-refractivity contribution in [2.24, 2.45) is 0 Å². The molecule has 11 heteroatoms. The highest BCUT2D eigenvalue weighted by molar-refractivity contribution is 7.67. The second kappa shape index (κ2) is 4.99. The summed E-state index contributed by atoms with van der Waals surface area (Å²) in [5.41, 5.74) is -6.30. The second-order valence-corrected chi connectivity index (χ2v) is 5.08. The molecule has 0 aliphatic rings. The zero-order valence-electron chi connectivity index (χ0n) is 7.64. The van der Waals surface area contributed by atoms with Crippen LogP contribution in [0.1, 0.15) is 6.42 Å². The van der Waals surface area contributed by atoms with E-state index in [4.69, 9.17) is 0 Å². The van der Waals surface area contributed by atoms with Gasteiger partial charge in [-0.3, -0.25) is 0 Å². The highest BCUT2D eigenvalue weighted by Gasteiger charge is 2.81. The molecule has 0 amide bonds. The minimum absolute atomic E-state index is 1.87. The standard InChI is InChI=1S/C6H4F10P/c7-3(4(8)9)1-2-17(15,16)6(13,14)5(10,11)12/h1-2H2/q+1. The SMILES string of the molecule is FC(F)=C(F)CC[P+](F)(F)C(F)(F)C(F)(F)F. The van der Waals surface area contributed by atoms with Crippen molar-refractivity contribution < 1.29 is 43.5 Å². The average Bonchev–Trinajstić information content (AvgIpc) is 2.11. The first-order valence-electron chi connectivity index (χ1n) is 3.74. The van der Waals surface area contributed by atoms with Crippen LogP contribution in [-0.2, 0) is 0 Å². The molecule has 0 aromatic rings. The monoisotopic (exact) mass is 297 g/mol. The van der Waals surface area contributed by atoms with Crippen molar-refractivity contribution in [3.05, 3.63) is 11.9 Å². The lowest BCUT2D eigenvalue weighted by atomic mass is 10.4. The van der Waals surface area contributed by atoms with Gasteiger partial charge in [0.1, 0.15) is 6.16 Å². The summed E-state index contributed by atoms with van der Waals surface area (Å²) in [7, 11) is -6.93. The third-order valence-electron chi connectivity index (χ3n) is 1.57. The van der Waals surface area contributed by atoms with E-state index in [2.05, 4.69) is 0 Å². The number of rotatable bonds is 4. The Morgan fingerprint density at radius 3 is 1.59 bits per heavy atom. The van der Waals surface area contributed by atoms with Crippen molar-refractivity contribution in [2.75, 3.05) is 6.16 Å². The summed E-state index contributed by atoms with van der Waals surface area (Å²) >= 11 is 0. The van der Waals surface area contributed by atoms with E-state index in [9.17, 15) is 43.5 Å². The van der Waals surface area contributed by atoms with E-state index in [1.807, 2.05) is 0 Å². The Balaban J connectivity index is 4.87. The van der Waals surface area contributed by atoms with E-state index in [1.54, 1.807) is 0 Å². The average molecular weight is 297 g/mol. The summed E-state index contributed by atoms with van der Waals surface area (Å²) in [5, 5.41) is 0. The quantitative estimate of drug-likeness (QED) is 0.481. The van der Waals surface area contributed by atoms with E-state index >= 15 is 0 Å². The van der Waals surface area contributed by atoms with Gasteiger partial charge in [0.05, 0.1) is 0 Å². The van der Waals surface area contributed by atoms with Crippen molar-refractivity contribution >= 4 is 7.88 Å². The first-order valence-corrected chi connectivity index (χ1v) is 5.50. The number of hydrogen-bond donors (Lipinski definition) is 0. The van der Waals surface area contributed by atoms with Crippen LogP contribution in [0.15, 0.2) is 11.9 Å². The number of hydrogen-bond acceptors (Lipinski definition) is 0. The maximum Gasteiger partial charge on any atom is 0.515 e. The molecule has 0 N–H and O–H groups in total. The molecule has 0 saturated carbocycles. The summed E-state index contributed by atoms with van der Waals surface area (Å²) < 4.78 is 119. The van der Waals surface area contributed by atoms with Gasteiger partial charge in [0.2, 0.25) is 0 Å². The lowest BCUT2D eigenvalue weighted by molar-refractivity contribution is -0.245. The molecule has 0 rings (SSSR count). The summed E-state index contributed by atoms with van der Waals surface area (Å²) in [6.07, 6.45) is -13.7. The molecule has 0 bridgehead atoms. The number of allylic oxidation sites excluding steroid dienone is 1. The summed E-state index contributed by atoms with van der Waals surface area (Å²) in [4.78, 5) is 0. The van der Waals surface area contributed by atoms with Crippen LogP contribution in [0.3, 0.4) is 0 Å². The second-order valence-electron chi connectivity index (χ2n) is 2.81. The van der Waals surface area contributed by atoms with Crippen LogP contribution in [0.25, 0.3) is 0 Å². The Hall–Kier alpha value is -0.530. The van der Waals surface area contributed by atoms with Crippen LogP contribution < -0.4 is 0 Å². The smallest absolute Gasteiger partial charge is 0.206 e. The molecule has 17 heavy (non-hydrogen) atoms. The van der Waals surface area contributed by atoms with Crippen molar-refractivity contribution in [1.82, 2.24) is 0 Å². The molecule has 0 aromatic carbocycles. The largest absolute Gasteiger partial charge is 0.515 e. The van der Waals surface area contributed by atoms with Crippen LogP contribution >= 0.6 is 7.88 Å². The van der Waals surface area contributed by atoms with Gasteiger partial charge in [-0.25, -0.2) is 4.39 Å². The van der Waals surface area contributed by atoms with Crippen LogP contribution in [0.5, 0.6) is 0 Å². The molecule has 0 aromatic heterocycles. The van der Waals surface area contributed by atoms with E-state index in [-0.39, 0.29) is 0 Å². The zero-order valence-corrected chi connectivity index (χ0v) is 8.54. The fourth-order valence-corrected chi connectivity index (χ4v) is 1.79. The van der Waals surface area contributed by atoms with Gasteiger partial charge >= 0.3 is 25.8 Å². The normalized spacial score (nSPS) is 13.8. The Kier molecular flexibility index (Phi) is 4.84. The molecular formula is C6H4F10P+. The first-order chi connectivity index (χ1) is 7.33. The lowest BCUT2D eigenvalue weighted by Crippen LogP contribution is -2.37. The molecule has 0 atom stereocenters. The number of halogens is 10. The van der Waals surface area contributed by atoms with Crippen LogP contribution in [0.4, 0.5) is 43.5 Å². The summed E-state index contributed by atoms with van der Waals surface area (Å²) in [6.45, 7) is 0. The van der Waals surface area contributed by atoms with Gasteiger partial charge in [0.25, 0.3) is 0 Å². The minimum atomic E-state index is -6.93. The summed E-state index contributed by atoms with van der Waals surface area (Å²) in [6, 6.07) is 0. The Morgan fingerprint density at radius 1 is 0.882 bits per heavy atom. The van der Waals surface area contributed by atoms with Crippen molar-refractivity contribution in [2.45, 2.75) is 18.3 Å². The number of alkyl halides is 5. The molecule has 0 fully saturated rings. The van der Waals surface area contributed by atoms with Crippen LogP contribution in [-0.4, -0.2) is 18.0 Å². The minimum Gasteiger partial charge on any atom is -0.206 e. The van der Waals surface area contributed by atoms with Crippen molar-refractivity contribution in [1.29, 1.82) is 0 Å². The first kappa shape index (κ1) is 16.5. The lowest BCUT2D eigenvalue weighted by Gasteiger charge is -2.18. The predicted molar refractivity (Wildman–Crippen MR) is 40.0 cm³/mol. The van der Waals surface area contributed by atoms with Crippen LogP contribution in [0.2, 0.25) is 0 Å². The van der Waals surface area contributed by atoms with Gasteiger partial charge in [-0.15, -0.1) is 0 Å². The Morgan fingerprint density at radius 2 is 1.29 bits per heavy atom. The fourth-order valence-electron chi connectivity index (χ4n) is 0.659.